The first-order valence-corrected chi connectivity index (χ1v) is 13.2. The van der Waals surface area contributed by atoms with Crippen LogP contribution in [0.4, 0.5) is 10.5 Å². The van der Waals surface area contributed by atoms with Crippen molar-refractivity contribution in [3.05, 3.63) is 23.8 Å². The van der Waals surface area contributed by atoms with Crippen LogP contribution < -0.4 is 15.4 Å². The minimum Gasteiger partial charge on any atom is -0.491 e. The van der Waals surface area contributed by atoms with E-state index >= 15 is 0 Å². The maximum Gasteiger partial charge on any atom is 0.319 e. The van der Waals surface area contributed by atoms with Gasteiger partial charge in [0, 0.05) is 45.0 Å². The Morgan fingerprint density at radius 2 is 1.91 bits per heavy atom. The van der Waals surface area contributed by atoms with Crippen molar-refractivity contribution in [2.24, 2.45) is 5.92 Å². The molecule has 3 atom stereocenters. The topological polar surface area (TPSA) is 83.1 Å². The maximum absolute atomic E-state index is 13.5. The van der Waals surface area contributed by atoms with Crippen LogP contribution in [-0.2, 0) is 4.74 Å². The second-order valence-corrected chi connectivity index (χ2v) is 10.2. The van der Waals surface area contributed by atoms with E-state index in [0.29, 0.717) is 30.2 Å². The number of methoxy groups -OCH3 is 1. The van der Waals surface area contributed by atoms with Gasteiger partial charge in [0.05, 0.1) is 11.7 Å². The Morgan fingerprint density at radius 1 is 1.17 bits per heavy atom. The van der Waals surface area contributed by atoms with E-state index in [0.717, 1.165) is 45.2 Å². The van der Waals surface area contributed by atoms with E-state index in [1.165, 1.54) is 6.42 Å². The van der Waals surface area contributed by atoms with Crippen molar-refractivity contribution in [3.8, 4) is 5.75 Å². The van der Waals surface area contributed by atoms with Gasteiger partial charge in [-0.1, -0.05) is 33.1 Å². The van der Waals surface area contributed by atoms with E-state index in [9.17, 15) is 9.59 Å². The van der Waals surface area contributed by atoms with Crippen molar-refractivity contribution in [3.63, 3.8) is 0 Å². The fourth-order valence-corrected chi connectivity index (χ4v) is 5.13. The summed E-state index contributed by atoms with van der Waals surface area (Å²) >= 11 is 0. The van der Waals surface area contributed by atoms with Crippen molar-refractivity contribution in [1.82, 2.24) is 15.1 Å². The van der Waals surface area contributed by atoms with Crippen molar-refractivity contribution in [1.29, 1.82) is 0 Å². The average Bonchev–Trinajstić information content (AvgIpc) is 2.85. The van der Waals surface area contributed by atoms with Crippen LogP contribution in [-0.4, -0.2) is 80.3 Å². The smallest absolute Gasteiger partial charge is 0.319 e. The third kappa shape index (κ3) is 7.58. The standard InChI is InChI=1S/C27H44N4O4/c1-6-14-31-16-19(2)25(34-5)17-30(4)26(32)23-15-22(12-13-24(23)35-18-20(31)3)29-27(33)28-21-10-8-7-9-11-21/h12-13,15,19-21,25H,6-11,14,16-18H2,1-5H3,(H2,28,29,33)/t19-,20+,25-/m0/s1. The van der Waals surface area contributed by atoms with Crippen LogP contribution in [0.5, 0.6) is 5.75 Å². The second-order valence-electron chi connectivity index (χ2n) is 10.2. The number of likely N-dealkylation sites (N-methyl/N-ethyl adjacent to an activating group) is 1. The van der Waals surface area contributed by atoms with Crippen LogP contribution >= 0.6 is 0 Å². The zero-order valence-electron chi connectivity index (χ0n) is 22.1. The Hall–Kier alpha value is -2.32. The number of ether oxygens (including phenoxy) is 2. The number of anilines is 1. The van der Waals surface area contributed by atoms with Crippen LogP contribution in [0.25, 0.3) is 0 Å². The van der Waals surface area contributed by atoms with Gasteiger partial charge in [0.15, 0.2) is 0 Å². The van der Waals surface area contributed by atoms with Crippen LogP contribution in [0.15, 0.2) is 18.2 Å². The lowest BCUT2D eigenvalue weighted by Gasteiger charge is -2.35. The number of fused-ring (bicyclic) bond motifs is 1. The molecule has 3 rings (SSSR count). The highest BCUT2D eigenvalue weighted by molar-refractivity contribution is 5.99. The number of urea groups is 1. The first-order valence-electron chi connectivity index (χ1n) is 13.2. The third-order valence-electron chi connectivity index (χ3n) is 7.28. The summed E-state index contributed by atoms with van der Waals surface area (Å²) in [5.41, 5.74) is 1.02. The molecule has 2 aliphatic rings. The summed E-state index contributed by atoms with van der Waals surface area (Å²) in [6, 6.07) is 5.48. The zero-order chi connectivity index (χ0) is 25.4. The lowest BCUT2D eigenvalue weighted by atomic mass is 9.96. The fraction of sp³-hybridized carbons (Fsp3) is 0.704. The Bertz CT molecular complexity index is 842. The molecule has 0 spiro atoms. The molecule has 0 unspecified atom stereocenters. The predicted octanol–water partition coefficient (Wildman–Crippen LogP) is 4.36. The molecule has 1 saturated carbocycles. The Balaban J connectivity index is 1.82. The molecule has 35 heavy (non-hydrogen) atoms. The molecule has 196 valence electrons. The van der Waals surface area contributed by atoms with Gasteiger partial charge in [0.25, 0.3) is 5.91 Å². The number of hydrogen-bond donors (Lipinski definition) is 2. The Morgan fingerprint density at radius 3 is 2.60 bits per heavy atom. The molecule has 1 aliphatic heterocycles. The SMILES string of the molecule is CCCN1C[C@H](C)[C@@H](OC)CN(C)C(=O)c2cc(NC(=O)NC3CCCCC3)ccc2OC[C@H]1C. The van der Waals surface area contributed by atoms with E-state index in [-0.39, 0.29) is 36.0 Å². The number of rotatable bonds is 5. The largest absolute Gasteiger partial charge is 0.491 e. The predicted molar refractivity (Wildman–Crippen MR) is 139 cm³/mol. The molecule has 8 nitrogen and oxygen atoms in total. The summed E-state index contributed by atoms with van der Waals surface area (Å²) in [5, 5.41) is 5.98. The number of carbonyl (C=O) groups is 2. The molecule has 1 aliphatic carbocycles. The van der Waals surface area contributed by atoms with Crippen LogP contribution in [0.3, 0.4) is 0 Å². The van der Waals surface area contributed by atoms with Crippen molar-refractivity contribution >= 4 is 17.6 Å². The van der Waals surface area contributed by atoms with Gasteiger partial charge < -0.3 is 25.0 Å². The van der Waals surface area contributed by atoms with Crippen LogP contribution in [0.2, 0.25) is 0 Å². The van der Waals surface area contributed by atoms with Gasteiger partial charge in [-0.2, -0.15) is 0 Å². The molecule has 0 saturated heterocycles. The number of benzene rings is 1. The van der Waals surface area contributed by atoms with Gasteiger partial charge in [-0.05, 0) is 56.8 Å². The first-order chi connectivity index (χ1) is 16.8. The summed E-state index contributed by atoms with van der Waals surface area (Å²) < 4.78 is 12.0. The Kier molecular flexibility index (Phi) is 10.2. The molecule has 3 amide bonds. The molecular weight excluding hydrogens is 444 g/mol. The molecular formula is C27H44N4O4. The minimum atomic E-state index is -0.233. The number of amides is 3. The number of hydrogen-bond acceptors (Lipinski definition) is 5. The molecule has 0 aromatic heterocycles. The lowest BCUT2D eigenvalue weighted by Crippen LogP contribution is -2.46. The maximum atomic E-state index is 13.5. The second kappa shape index (κ2) is 13.1. The van der Waals surface area contributed by atoms with Crippen molar-refractivity contribution in [2.45, 2.75) is 77.5 Å². The molecule has 8 heteroatoms. The van der Waals surface area contributed by atoms with E-state index in [4.69, 9.17) is 9.47 Å². The molecule has 1 fully saturated rings. The molecule has 0 bridgehead atoms. The van der Waals surface area contributed by atoms with E-state index < -0.39 is 0 Å². The van der Waals surface area contributed by atoms with Gasteiger partial charge in [-0.15, -0.1) is 0 Å². The van der Waals surface area contributed by atoms with E-state index in [2.05, 4.69) is 36.3 Å². The Labute approximate surface area is 210 Å². The summed E-state index contributed by atoms with van der Waals surface area (Å²) in [7, 11) is 3.50. The van der Waals surface area contributed by atoms with E-state index in [1.54, 1.807) is 37.3 Å². The summed E-state index contributed by atoms with van der Waals surface area (Å²) in [5.74, 6) is 0.634. The lowest BCUT2D eigenvalue weighted by molar-refractivity contribution is 0.0108. The minimum absolute atomic E-state index is 0.0816. The number of nitrogens with one attached hydrogen (secondary N) is 2. The van der Waals surface area contributed by atoms with Crippen molar-refractivity contribution < 1.29 is 19.1 Å². The van der Waals surface area contributed by atoms with Crippen LogP contribution in [0.1, 0.15) is 69.7 Å². The molecule has 1 aromatic carbocycles. The summed E-state index contributed by atoms with van der Waals surface area (Å²) in [4.78, 5) is 30.2. The quantitative estimate of drug-likeness (QED) is 0.644. The zero-order valence-corrected chi connectivity index (χ0v) is 22.1. The van der Waals surface area contributed by atoms with Gasteiger partial charge in [0.2, 0.25) is 0 Å². The first kappa shape index (κ1) is 27.3. The van der Waals surface area contributed by atoms with E-state index in [1.807, 2.05) is 0 Å². The highest BCUT2D eigenvalue weighted by Gasteiger charge is 2.28. The van der Waals surface area contributed by atoms with Gasteiger partial charge in [-0.3, -0.25) is 9.69 Å². The number of carbonyl (C=O) groups excluding carboxylic acids is 2. The van der Waals surface area contributed by atoms with Crippen molar-refractivity contribution in [2.75, 3.05) is 45.7 Å². The molecule has 1 heterocycles. The molecule has 2 N–H and O–H groups in total. The summed E-state index contributed by atoms with van der Waals surface area (Å²) in [6.07, 6.45) is 6.54. The van der Waals surface area contributed by atoms with Gasteiger partial charge >= 0.3 is 6.03 Å². The van der Waals surface area contributed by atoms with Gasteiger partial charge in [0.1, 0.15) is 12.4 Å². The average molecular weight is 489 g/mol. The monoisotopic (exact) mass is 488 g/mol. The highest BCUT2D eigenvalue weighted by atomic mass is 16.5. The summed E-state index contributed by atoms with van der Waals surface area (Å²) in [6.45, 7) is 9.33. The normalized spacial score (nSPS) is 25.1. The fourth-order valence-electron chi connectivity index (χ4n) is 5.13. The number of nitrogens with zero attached hydrogens (tertiary/aromatic N) is 2. The molecule has 1 aromatic rings. The highest BCUT2D eigenvalue weighted by Crippen LogP contribution is 2.27. The molecule has 0 radical (unpaired) electrons. The van der Waals surface area contributed by atoms with Gasteiger partial charge in [-0.25, -0.2) is 4.79 Å². The van der Waals surface area contributed by atoms with Crippen LogP contribution in [0, 0.1) is 5.92 Å². The third-order valence-corrected chi connectivity index (χ3v) is 7.28.